The molecule has 0 aromatic carbocycles. The molecule has 1 aliphatic heterocycles. The van der Waals surface area contributed by atoms with Crippen LogP contribution in [0.5, 0.6) is 0 Å². The summed E-state index contributed by atoms with van der Waals surface area (Å²) in [6, 6.07) is 6.47. The molecule has 3 N–H and O–H groups in total. The molecule has 9 heteroatoms. The van der Waals surface area contributed by atoms with Crippen molar-refractivity contribution in [3.05, 3.63) is 41.3 Å². The molecule has 0 amide bonds. The van der Waals surface area contributed by atoms with Crippen LogP contribution in [0.25, 0.3) is 22.1 Å². The molecule has 31 heavy (non-hydrogen) atoms. The fourth-order valence-corrected chi connectivity index (χ4v) is 5.81. The van der Waals surface area contributed by atoms with Crippen LogP contribution in [-0.2, 0) is 13.5 Å². The third kappa shape index (κ3) is 3.08. The van der Waals surface area contributed by atoms with E-state index in [0.717, 1.165) is 63.0 Å². The predicted molar refractivity (Wildman–Crippen MR) is 122 cm³/mol. The Hall–Kier alpha value is -2.42. The second-order valence-corrected chi connectivity index (χ2v) is 9.85. The molecule has 2 atom stereocenters. The number of fused-ring (bicyclic) bond motifs is 3. The molecule has 1 aliphatic carbocycles. The summed E-state index contributed by atoms with van der Waals surface area (Å²) < 4.78 is 2.07. The van der Waals surface area contributed by atoms with Gasteiger partial charge in [-0.3, -0.25) is 0 Å². The summed E-state index contributed by atoms with van der Waals surface area (Å²) in [5.74, 6) is 2.04. The van der Waals surface area contributed by atoms with Gasteiger partial charge in [-0.2, -0.15) is 4.57 Å². The van der Waals surface area contributed by atoms with Gasteiger partial charge in [-0.25, -0.2) is 15.0 Å². The SMILES string of the molecule is CCc1[nH]c2nc(Sc3cnc4ccc[n+](C)c4c3)nc(N3CC4C(N)C4C3)c2c1Cl. The van der Waals surface area contributed by atoms with E-state index in [1.165, 1.54) is 11.8 Å². The van der Waals surface area contributed by atoms with Gasteiger partial charge in [-0.1, -0.05) is 18.5 Å². The minimum absolute atomic E-state index is 0.333. The van der Waals surface area contributed by atoms with Crippen molar-refractivity contribution in [1.82, 2.24) is 19.9 Å². The molecule has 1 saturated heterocycles. The molecule has 2 fully saturated rings. The zero-order valence-electron chi connectivity index (χ0n) is 17.3. The molecule has 5 heterocycles. The number of anilines is 1. The summed E-state index contributed by atoms with van der Waals surface area (Å²) >= 11 is 8.25. The fraction of sp³-hybridized carbons (Fsp3) is 0.364. The molecular weight excluding hydrogens is 430 g/mol. The van der Waals surface area contributed by atoms with Gasteiger partial charge in [0.15, 0.2) is 11.4 Å². The van der Waals surface area contributed by atoms with Gasteiger partial charge >= 0.3 is 0 Å². The van der Waals surface area contributed by atoms with Crippen molar-refractivity contribution in [2.75, 3.05) is 18.0 Å². The maximum atomic E-state index is 6.73. The summed E-state index contributed by atoms with van der Waals surface area (Å²) in [4.78, 5) is 21.1. The average Bonchev–Trinajstić information content (AvgIpc) is 3.09. The molecule has 158 valence electrons. The molecule has 2 unspecified atom stereocenters. The number of H-pyrrole nitrogens is 1. The van der Waals surface area contributed by atoms with Crippen LogP contribution in [0.1, 0.15) is 12.6 Å². The van der Waals surface area contributed by atoms with Crippen LogP contribution in [0.15, 0.2) is 40.6 Å². The van der Waals surface area contributed by atoms with E-state index in [0.29, 0.717) is 23.0 Å². The molecule has 0 spiro atoms. The smallest absolute Gasteiger partial charge is 0.232 e. The zero-order valence-corrected chi connectivity index (χ0v) is 18.9. The molecule has 1 saturated carbocycles. The van der Waals surface area contributed by atoms with Crippen molar-refractivity contribution in [2.45, 2.75) is 29.4 Å². The number of aromatic amines is 1. The first kappa shape index (κ1) is 19.3. The molecule has 0 bridgehead atoms. The second kappa shape index (κ2) is 7.05. The van der Waals surface area contributed by atoms with Crippen LogP contribution in [0, 0.1) is 11.8 Å². The van der Waals surface area contributed by atoms with Gasteiger partial charge < -0.3 is 15.6 Å². The van der Waals surface area contributed by atoms with Crippen LogP contribution in [0.3, 0.4) is 0 Å². The monoisotopic (exact) mass is 452 g/mol. The zero-order chi connectivity index (χ0) is 21.3. The number of nitrogens with one attached hydrogen (secondary N) is 1. The molecule has 0 radical (unpaired) electrons. The Labute approximate surface area is 189 Å². The number of hydrogen-bond donors (Lipinski definition) is 2. The predicted octanol–water partition coefficient (Wildman–Crippen LogP) is 3.09. The van der Waals surface area contributed by atoms with Crippen molar-refractivity contribution in [3.8, 4) is 0 Å². The summed E-state index contributed by atoms with van der Waals surface area (Å²) in [5, 5.41) is 2.33. The molecule has 4 aromatic rings. The van der Waals surface area contributed by atoms with Crippen LogP contribution < -0.4 is 15.2 Å². The number of nitrogens with zero attached hydrogens (tertiary/aromatic N) is 5. The lowest BCUT2D eigenvalue weighted by Crippen LogP contribution is -2.29. The van der Waals surface area contributed by atoms with Crippen molar-refractivity contribution < 1.29 is 4.57 Å². The Morgan fingerprint density at radius 3 is 2.90 bits per heavy atom. The molecule has 4 aromatic heterocycles. The van der Waals surface area contributed by atoms with Crippen molar-refractivity contribution >= 4 is 51.2 Å². The number of piperidine rings is 1. The fourth-order valence-electron chi connectivity index (χ4n) is 4.69. The Morgan fingerprint density at radius 1 is 1.32 bits per heavy atom. The number of nitrogens with two attached hydrogens (primary N) is 1. The van der Waals surface area contributed by atoms with E-state index in [-0.39, 0.29) is 0 Å². The minimum atomic E-state index is 0.333. The topological polar surface area (TPSA) is 87.6 Å². The van der Waals surface area contributed by atoms with Crippen LogP contribution in [0.2, 0.25) is 5.02 Å². The highest BCUT2D eigenvalue weighted by molar-refractivity contribution is 7.99. The maximum Gasteiger partial charge on any atom is 0.232 e. The number of aryl methyl sites for hydroxylation is 2. The second-order valence-electron chi connectivity index (χ2n) is 8.43. The van der Waals surface area contributed by atoms with Crippen LogP contribution >= 0.6 is 23.4 Å². The number of hydrogen-bond acceptors (Lipinski definition) is 6. The third-order valence-corrected chi connectivity index (χ3v) is 7.80. The van der Waals surface area contributed by atoms with E-state index in [2.05, 4.69) is 32.4 Å². The lowest BCUT2D eigenvalue weighted by Gasteiger charge is -2.21. The van der Waals surface area contributed by atoms with Gasteiger partial charge in [0.25, 0.3) is 0 Å². The largest absolute Gasteiger partial charge is 0.355 e. The average molecular weight is 453 g/mol. The molecule has 6 rings (SSSR count). The number of pyridine rings is 2. The summed E-state index contributed by atoms with van der Waals surface area (Å²) in [6.45, 7) is 3.95. The molecule has 7 nitrogen and oxygen atoms in total. The Morgan fingerprint density at radius 2 is 2.13 bits per heavy atom. The third-order valence-electron chi connectivity index (χ3n) is 6.56. The normalized spacial score (nSPS) is 22.5. The Kier molecular flexibility index (Phi) is 4.38. The number of rotatable bonds is 4. The highest BCUT2D eigenvalue weighted by atomic mass is 35.5. The van der Waals surface area contributed by atoms with Gasteiger partial charge in [0.05, 0.1) is 10.4 Å². The first-order chi connectivity index (χ1) is 15.0. The number of halogens is 1. The lowest BCUT2D eigenvalue weighted by atomic mass is 10.2. The highest BCUT2D eigenvalue weighted by Gasteiger charge is 2.54. The Bertz CT molecular complexity index is 1320. The lowest BCUT2D eigenvalue weighted by molar-refractivity contribution is -0.645. The van der Waals surface area contributed by atoms with E-state index < -0.39 is 0 Å². The van der Waals surface area contributed by atoms with Crippen molar-refractivity contribution in [2.24, 2.45) is 24.6 Å². The number of aromatic nitrogens is 5. The van der Waals surface area contributed by atoms with Crippen molar-refractivity contribution in [1.29, 1.82) is 0 Å². The van der Waals surface area contributed by atoms with Gasteiger partial charge in [0, 0.05) is 48.1 Å². The van der Waals surface area contributed by atoms with Gasteiger partial charge in [0.2, 0.25) is 5.52 Å². The van der Waals surface area contributed by atoms with Gasteiger partial charge in [-0.05, 0) is 36.1 Å². The van der Waals surface area contributed by atoms with E-state index >= 15 is 0 Å². The van der Waals surface area contributed by atoms with Crippen LogP contribution in [-0.4, -0.2) is 39.1 Å². The van der Waals surface area contributed by atoms with Gasteiger partial charge in [0.1, 0.15) is 24.0 Å². The maximum absolute atomic E-state index is 6.73. The summed E-state index contributed by atoms with van der Waals surface area (Å²) in [7, 11) is 2.02. The molecule has 2 aliphatic rings. The van der Waals surface area contributed by atoms with E-state index in [4.69, 9.17) is 27.3 Å². The van der Waals surface area contributed by atoms with Crippen molar-refractivity contribution in [3.63, 3.8) is 0 Å². The quantitative estimate of drug-likeness (QED) is 0.365. The van der Waals surface area contributed by atoms with Gasteiger partial charge in [-0.15, -0.1) is 0 Å². The minimum Gasteiger partial charge on any atom is -0.355 e. The summed E-state index contributed by atoms with van der Waals surface area (Å²) in [6.07, 6.45) is 4.72. The summed E-state index contributed by atoms with van der Waals surface area (Å²) in [5.41, 5.74) is 9.98. The van der Waals surface area contributed by atoms with E-state index in [9.17, 15) is 0 Å². The standard InChI is InChI=1S/C22H23ClN7S/c1-3-14-18(23)17-20(26-14)27-22(28-21(17)30-9-12-13(10-30)19(12)24)31-11-7-16-15(25-8-11)5-4-6-29(16)2/h4-8,12-13,19H,3,9-10,24H2,1-2H3,(H,26,27,28)/q+1. The van der Waals surface area contributed by atoms with E-state index in [1.807, 2.05) is 31.6 Å². The highest BCUT2D eigenvalue weighted by Crippen LogP contribution is 2.47. The van der Waals surface area contributed by atoms with Crippen LogP contribution in [0.4, 0.5) is 5.82 Å². The molecular formula is C22H23ClN7S+. The van der Waals surface area contributed by atoms with E-state index in [1.54, 1.807) is 0 Å². The first-order valence-corrected chi connectivity index (χ1v) is 11.7. The Balaban J connectivity index is 1.43. The first-order valence-electron chi connectivity index (χ1n) is 10.5.